The lowest BCUT2D eigenvalue weighted by Crippen LogP contribution is -2.42. The van der Waals surface area contributed by atoms with Crippen LogP contribution in [0.4, 0.5) is 16.2 Å². The summed E-state index contributed by atoms with van der Waals surface area (Å²) in [6.07, 6.45) is 0.827. The van der Waals surface area contributed by atoms with E-state index in [2.05, 4.69) is 5.32 Å². The lowest BCUT2D eigenvalue weighted by molar-refractivity contribution is -0.384. The lowest BCUT2D eigenvalue weighted by Gasteiger charge is -2.30. The van der Waals surface area contributed by atoms with Gasteiger partial charge >= 0.3 is 12.0 Å². The van der Waals surface area contributed by atoms with Crippen molar-refractivity contribution in [3.63, 3.8) is 0 Å². The highest BCUT2D eigenvalue weighted by atomic mass is 16.6. The molecule has 0 spiro atoms. The maximum absolute atomic E-state index is 12.2. The zero-order valence-electron chi connectivity index (χ0n) is 12.1. The number of carboxylic acid groups (broad SMARTS) is 1. The van der Waals surface area contributed by atoms with Crippen molar-refractivity contribution in [1.29, 1.82) is 0 Å². The molecule has 0 radical (unpaired) electrons. The van der Waals surface area contributed by atoms with Crippen LogP contribution in [0.3, 0.4) is 0 Å². The van der Waals surface area contributed by atoms with Crippen LogP contribution in [0.25, 0.3) is 0 Å². The molecule has 0 aliphatic carbocycles. The van der Waals surface area contributed by atoms with E-state index in [1.54, 1.807) is 13.0 Å². The molecular weight excluding hydrogens is 290 g/mol. The normalized spacial score (nSPS) is 15.4. The molecule has 0 atom stereocenters. The van der Waals surface area contributed by atoms with E-state index < -0.39 is 16.8 Å². The number of hydrogen-bond donors (Lipinski definition) is 2. The van der Waals surface area contributed by atoms with Crippen LogP contribution in [0, 0.1) is 23.0 Å². The van der Waals surface area contributed by atoms with Gasteiger partial charge in [0.25, 0.3) is 5.69 Å². The number of aliphatic carboxylic acids is 1. The summed E-state index contributed by atoms with van der Waals surface area (Å²) in [7, 11) is 0. The maximum atomic E-state index is 12.2. The number of nitrogens with one attached hydrogen (secondary N) is 1. The number of nitrogens with zero attached hydrogens (tertiary/aromatic N) is 2. The van der Waals surface area contributed by atoms with Crippen LogP contribution < -0.4 is 5.32 Å². The number of benzene rings is 1. The molecule has 0 bridgehead atoms. The number of urea groups is 1. The molecule has 1 saturated heterocycles. The predicted octanol–water partition coefficient (Wildman–Crippen LogP) is 2.23. The molecule has 1 aliphatic rings. The lowest BCUT2D eigenvalue weighted by atomic mass is 9.97. The van der Waals surface area contributed by atoms with Crippen molar-refractivity contribution < 1.29 is 19.6 Å². The van der Waals surface area contributed by atoms with Crippen molar-refractivity contribution in [3.05, 3.63) is 33.9 Å². The molecule has 1 aromatic rings. The van der Waals surface area contributed by atoms with Crippen LogP contribution in [-0.4, -0.2) is 40.0 Å². The number of amides is 2. The van der Waals surface area contributed by atoms with E-state index in [9.17, 15) is 19.7 Å². The van der Waals surface area contributed by atoms with Crippen molar-refractivity contribution in [2.45, 2.75) is 19.8 Å². The standard InChI is InChI=1S/C14H17N3O5/c1-9-2-3-11(17(21)22)8-12(9)15-14(20)16-6-4-10(5-7-16)13(18)19/h2-3,8,10H,4-7H2,1H3,(H,15,20)(H,18,19). The number of hydrogen-bond acceptors (Lipinski definition) is 4. The number of anilines is 1. The van der Waals surface area contributed by atoms with E-state index in [0.29, 0.717) is 31.6 Å². The Bertz CT molecular complexity index is 608. The van der Waals surface area contributed by atoms with Crippen molar-refractivity contribution in [3.8, 4) is 0 Å². The number of rotatable bonds is 3. The fourth-order valence-electron chi connectivity index (χ4n) is 2.38. The van der Waals surface area contributed by atoms with Gasteiger partial charge in [-0.15, -0.1) is 0 Å². The van der Waals surface area contributed by atoms with Crippen molar-refractivity contribution in [2.75, 3.05) is 18.4 Å². The molecule has 22 heavy (non-hydrogen) atoms. The first-order valence-corrected chi connectivity index (χ1v) is 6.92. The van der Waals surface area contributed by atoms with Gasteiger partial charge in [0.15, 0.2) is 0 Å². The Labute approximate surface area is 126 Å². The number of non-ortho nitro benzene ring substituents is 1. The Morgan fingerprint density at radius 2 is 2.00 bits per heavy atom. The first kappa shape index (κ1) is 15.7. The number of carbonyl (C=O) groups excluding carboxylic acids is 1. The molecule has 0 unspecified atom stereocenters. The monoisotopic (exact) mass is 307 g/mol. The van der Waals surface area contributed by atoms with E-state index in [4.69, 9.17) is 5.11 Å². The largest absolute Gasteiger partial charge is 0.481 e. The van der Waals surface area contributed by atoms with Crippen molar-refractivity contribution in [1.82, 2.24) is 4.90 Å². The fraction of sp³-hybridized carbons (Fsp3) is 0.429. The summed E-state index contributed by atoms with van der Waals surface area (Å²) in [5.41, 5.74) is 1.02. The minimum Gasteiger partial charge on any atom is -0.481 e. The second-order valence-electron chi connectivity index (χ2n) is 5.29. The Balaban J connectivity index is 2.02. The van der Waals surface area contributed by atoms with Crippen molar-refractivity contribution >= 4 is 23.4 Å². The van der Waals surface area contributed by atoms with Gasteiger partial charge in [-0.05, 0) is 25.3 Å². The predicted molar refractivity (Wildman–Crippen MR) is 78.8 cm³/mol. The first-order chi connectivity index (χ1) is 10.4. The Kier molecular flexibility index (Phi) is 4.59. The smallest absolute Gasteiger partial charge is 0.321 e. The minimum atomic E-state index is -0.838. The van der Waals surface area contributed by atoms with E-state index in [-0.39, 0.29) is 11.7 Å². The molecule has 1 aromatic carbocycles. The highest BCUT2D eigenvalue weighted by molar-refractivity contribution is 5.90. The Hall–Kier alpha value is -2.64. The van der Waals surface area contributed by atoms with Gasteiger partial charge in [0.1, 0.15) is 0 Å². The SMILES string of the molecule is Cc1ccc([N+](=O)[O-])cc1NC(=O)N1CCC(C(=O)O)CC1. The molecule has 0 saturated carbocycles. The summed E-state index contributed by atoms with van der Waals surface area (Å²) in [4.78, 5) is 34.8. The zero-order chi connectivity index (χ0) is 16.3. The zero-order valence-corrected chi connectivity index (χ0v) is 12.1. The molecule has 2 rings (SSSR count). The molecule has 8 nitrogen and oxygen atoms in total. The summed E-state index contributed by atoms with van der Waals surface area (Å²) in [6.45, 7) is 2.46. The van der Waals surface area contributed by atoms with Gasteiger partial charge in [-0.25, -0.2) is 4.79 Å². The maximum Gasteiger partial charge on any atom is 0.321 e. The number of carboxylic acids is 1. The van der Waals surface area contributed by atoms with E-state index in [1.807, 2.05) is 0 Å². The van der Waals surface area contributed by atoms with Gasteiger partial charge in [0.05, 0.1) is 16.5 Å². The van der Waals surface area contributed by atoms with Crippen LogP contribution in [0.1, 0.15) is 18.4 Å². The first-order valence-electron chi connectivity index (χ1n) is 6.92. The summed E-state index contributed by atoms with van der Waals surface area (Å²) >= 11 is 0. The number of nitro groups is 1. The number of piperidine rings is 1. The third-order valence-corrected chi connectivity index (χ3v) is 3.80. The second-order valence-corrected chi connectivity index (χ2v) is 5.29. The van der Waals surface area contributed by atoms with Crippen LogP contribution in [0.15, 0.2) is 18.2 Å². The highest BCUT2D eigenvalue weighted by Gasteiger charge is 2.27. The van der Waals surface area contributed by atoms with Gasteiger partial charge in [0, 0.05) is 25.2 Å². The third kappa shape index (κ3) is 3.51. The highest BCUT2D eigenvalue weighted by Crippen LogP contribution is 2.23. The Morgan fingerprint density at radius 3 is 2.55 bits per heavy atom. The molecule has 8 heteroatoms. The van der Waals surface area contributed by atoms with Gasteiger partial charge < -0.3 is 15.3 Å². The molecule has 118 valence electrons. The molecule has 2 amide bonds. The van der Waals surface area contributed by atoms with Gasteiger partial charge in [0.2, 0.25) is 0 Å². The molecule has 1 heterocycles. The average molecular weight is 307 g/mol. The van der Waals surface area contributed by atoms with Gasteiger partial charge in [-0.1, -0.05) is 6.07 Å². The van der Waals surface area contributed by atoms with Crippen LogP contribution in [0.5, 0.6) is 0 Å². The topological polar surface area (TPSA) is 113 Å². The van der Waals surface area contributed by atoms with Gasteiger partial charge in [-0.2, -0.15) is 0 Å². The fourth-order valence-corrected chi connectivity index (χ4v) is 2.38. The summed E-state index contributed by atoms with van der Waals surface area (Å²) in [5.74, 6) is -1.25. The number of aryl methyl sites for hydroxylation is 1. The molecule has 1 aliphatic heterocycles. The summed E-state index contributed by atoms with van der Waals surface area (Å²) in [5, 5.41) is 22.4. The van der Waals surface area contributed by atoms with Crippen LogP contribution in [0.2, 0.25) is 0 Å². The molecule has 1 fully saturated rings. The number of nitro benzene ring substituents is 1. The molecular formula is C14H17N3O5. The Morgan fingerprint density at radius 1 is 1.36 bits per heavy atom. The van der Waals surface area contributed by atoms with E-state index in [1.165, 1.54) is 17.0 Å². The summed E-state index contributed by atoms with van der Waals surface area (Å²) < 4.78 is 0. The third-order valence-electron chi connectivity index (χ3n) is 3.80. The van der Waals surface area contributed by atoms with Crippen LogP contribution in [-0.2, 0) is 4.79 Å². The molecule has 0 aromatic heterocycles. The van der Waals surface area contributed by atoms with Crippen molar-refractivity contribution in [2.24, 2.45) is 5.92 Å². The molecule has 2 N–H and O–H groups in total. The average Bonchev–Trinajstić information content (AvgIpc) is 2.49. The minimum absolute atomic E-state index is 0.0921. The quantitative estimate of drug-likeness (QED) is 0.656. The summed E-state index contributed by atoms with van der Waals surface area (Å²) in [6, 6.07) is 3.90. The van der Waals surface area contributed by atoms with Crippen LogP contribution >= 0.6 is 0 Å². The number of likely N-dealkylation sites (tertiary alicyclic amines) is 1. The second kappa shape index (κ2) is 6.42. The van der Waals surface area contributed by atoms with Gasteiger partial charge in [-0.3, -0.25) is 14.9 Å². The van der Waals surface area contributed by atoms with E-state index >= 15 is 0 Å². The number of carbonyl (C=O) groups is 2. The van der Waals surface area contributed by atoms with E-state index in [0.717, 1.165) is 5.56 Å².